The van der Waals surface area contributed by atoms with Crippen molar-refractivity contribution in [1.29, 1.82) is 0 Å². The molecule has 3 aromatic rings. The standard InChI is InChI=1S/C22H24N4O3/c1-14-6-11-19(15(2)12-14)25-20(21(27)23-22(3,4)5)13-18(24-25)16-7-9-17(10-8-16)26(28)29/h6-13H,1-5H3,(H,23,27). The van der Waals surface area contributed by atoms with Gasteiger partial charge in [0.25, 0.3) is 11.6 Å². The van der Waals surface area contributed by atoms with Crippen LogP contribution in [0.1, 0.15) is 42.4 Å². The van der Waals surface area contributed by atoms with Gasteiger partial charge in [-0.1, -0.05) is 17.7 Å². The van der Waals surface area contributed by atoms with Crippen LogP contribution in [0.5, 0.6) is 0 Å². The van der Waals surface area contributed by atoms with Crippen LogP contribution in [0.15, 0.2) is 48.5 Å². The second-order valence-corrected chi connectivity index (χ2v) is 8.12. The molecule has 1 N–H and O–H groups in total. The van der Waals surface area contributed by atoms with E-state index in [2.05, 4.69) is 10.4 Å². The van der Waals surface area contributed by atoms with E-state index in [1.807, 2.05) is 52.8 Å². The van der Waals surface area contributed by atoms with Crippen LogP contribution in [0, 0.1) is 24.0 Å². The highest BCUT2D eigenvalue weighted by molar-refractivity contribution is 5.95. The summed E-state index contributed by atoms with van der Waals surface area (Å²) in [4.78, 5) is 23.4. The Bertz CT molecular complexity index is 1080. The molecule has 3 rings (SSSR count). The van der Waals surface area contributed by atoms with Crippen LogP contribution in [0.3, 0.4) is 0 Å². The van der Waals surface area contributed by atoms with Gasteiger partial charge < -0.3 is 5.32 Å². The number of hydrogen-bond acceptors (Lipinski definition) is 4. The second-order valence-electron chi connectivity index (χ2n) is 8.12. The van der Waals surface area contributed by atoms with Crippen molar-refractivity contribution >= 4 is 11.6 Å². The fourth-order valence-electron chi connectivity index (χ4n) is 3.07. The zero-order valence-corrected chi connectivity index (χ0v) is 17.2. The molecule has 0 aliphatic rings. The topological polar surface area (TPSA) is 90.1 Å². The van der Waals surface area contributed by atoms with E-state index < -0.39 is 10.5 Å². The van der Waals surface area contributed by atoms with Gasteiger partial charge >= 0.3 is 0 Å². The predicted molar refractivity (Wildman–Crippen MR) is 112 cm³/mol. The van der Waals surface area contributed by atoms with Crippen LogP contribution >= 0.6 is 0 Å². The van der Waals surface area contributed by atoms with Crippen molar-refractivity contribution in [3.05, 3.63) is 75.5 Å². The maximum absolute atomic E-state index is 13.0. The first-order valence-corrected chi connectivity index (χ1v) is 9.30. The molecule has 1 aromatic heterocycles. The van der Waals surface area contributed by atoms with E-state index in [4.69, 9.17) is 0 Å². The first-order chi connectivity index (χ1) is 13.5. The largest absolute Gasteiger partial charge is 0.346 e. The summed E-state index contributed by atoms with van der Waals surface area (Å²) in [6.07, 6.45) is 0. The molecule has 150 valence electrons. The lowest BCUT2D eigenvalue weighted by Crippen LogP contribution is -2.41. The Morgan fingerprint density at radius 2 is 1.72 bits per heavy atom. The number of aryl methyl sites for hydroxylation is 2. The van der Waals surface area contributed by atoms with Gasteiger partial charge in [0.2, 0.25) is 0 Å². The molecule has 1 amide bonds. The second kappa shape index (κ2) is 7.50. The van der Waals surface area contributed by atoms with Crippen LogP contribution in [-0.4, -0.2) is 26.1 Å². The van der Waals surface area contributed by atoms with Crippen molar-refractivity contribution in [3.8, 4) is 16.9 Å². The molecule has 0 aliphatic carbocycles. The van der Waals surface area contributed by atoms with Gasteiger partial charge in [-0.15, -0.1) is 0 Å². The lowest BCUT2D eigenvalue weighted by Gasteiger charge is -2.21. The number of amides is 1. The Labute approximate surface area is 169 Å². The van der Waals surface area contributed by atoms with Crippen molar-refractivity contribution < 1.29 is 9.72 Å². The summed E-state index contributed by atoms with van der Waals surface area (Å²) in [5.41, 5.74) is 4.20. The fraction of sp³-hybridized carbons (Fsp3) is 0.273. The first kappa shape index (κ1) is 20.3. The van der Waals surface area contributed by atoms with E-state index in [9.17, 15) is 14.9 Å². The number of nitrogens with zero attached hydrogens (tertiary/aromatic N) is 3. The quantitative estimate of drug-likeness (QED) is 0.519. The molecule has 7 heteroatoms. The van der Waals surface area contributed by atoms with Gasteiger partial charge in [0.15, 0.2) is 0 Å². The summed E-state index contributed by atoms with van der Waals surface area (Å²) in [6.45, 7) is 9.73. The van der Waals surface area contributed by atoms with Crippen LogP contribution in [0.2, 0.25) is 0 Å². The van der Waals surface area contributed by atoms with Gasteiger partial charge in [-0.2, -0.15) is 5.10 Å². The number of carbonyl (C=O) groups excluding carboxylic acids is 1. The lowest BCUT2D eigenvalue weighted by atomic mass is 10.1. The van der Waals surface area contributed by atoms with E-state index in [-0.39, 0.29) is 11.6 Å². The van der Waals surface area contributed by atoms with Gasteiger partial charge in [-0.05, 0) is 64.4 Å². The number of nitrogens with one attached hydrogen (secondary N) is 1. The molecule has 2 aromatic carbocycles. The van der Waals surface area contributed by atoms with Crippen LogP contribution in [0.25, 0.3) is 16.9 Å². The minimum absolute atomic E-state index is 0.00765. The van der Waals surface area contributed by atoms with Gasteiger partial charge in [0, 0.05) is 23.2 Å². The predicted octanol–water partition coefficient (Wildman–Crippen LogP) is 4.59. The number of non-ortho nitro benzene ring substituents is 1. The molecule has 0 spiro atoms. The van der Waals surface area contributed by atoms with Gasteiger partial charge in [0.1, 0.15) is 5.69 Å². The van der Waals surface area contributed by atoms with Gasteiger partial charge in [-0.3, -0.25) is 14.9 Å². The number of hydrogen-bond donors (Lipinski definition) is 1. The molecule has 0 radical (unpaired) electrons. The summed E-state index contributed by atoms with van der Waals surface area (Å²) >= 11 is 0. The fourth-order valence-corrected chi connectivity index (χ4v) is 3.07. The summed E-state index contributed by atoms with van der Waals surface area (Å²) in [7, 11) is 0. The molecule has 0 aliphatic heterocycles. The van der Waals surface area contributed by atoms with E-state index >= 15 is 0 Å². The number of nitro groups is 1. The summed E-state index contributed by atoms with van der Waals surface area (Å²) in [5, 5.41) is 18.5. The van der Waals surface area contributed by atoms with Crippen molar-refractivity contribution in [2.45, 2.75) is 40.2 Å². The van der Waals surface area contributed by atoms with Gasteiger partial charge in [-0.25, -0.2) is 4.68 Å². The van der Waals surface area contributed by atoms with E-state index in [0.717, 1.165) is 16.8 Å². The number of carbonyl (C=O) groups is 1. The van der Waals surface area contributed by atoms with Gasteiger partial charge in [0.05, 0.1) is 16.3 Å². The number of nitro benzene ring substituents is 1. The molecule has 1 heterocycles. The minimum Gasteiger partial charge on any atom is -0.346 e. The Balaban J connectivity index is 2.12. The molecular formula is C22H24N4O3. The van der Waals surface area contributed by atoms with Crippen LogP contribution in [0.4, 0.5) is 5.69 Å². The Morgan fingerprint density at radius 1 is 1.07 bits per heavy atom. The number of rotatable bonds is 4. The van der Waals surface area contributed by atoms with E-state index in [0.29, 0.717) is 17.0 Å². The smallest absolute Gasteiger partial charge is 0.270 e. The molecule has 7 nitrogen and oxygen atoms in total. The highest BCUT2D eigenvalue weighted by Crippen LogP contribution is 2.26. The minimum atomic E-state index is -0.444. The average molecular weight is 392 g/mol. The normalized spacial score (nSPS) is 11.3. The molecule has 0 bridgehead atoms. The molecule has 0 saturated carbocycles. The zero-order chi connectivity index (χ0) is 21.3. The van der Waals surface area contributed by atoms with E-state index in [1.165, 1.54) is 12.1 Å². The molecule has 0 fully saturated rings. The zero-order valence-electron chi connectivity index (χ0n) is 17.2. The van der Waals surface area contributed by atoms with Crippen LogP contribution < -0.4 is 5.32 Å². The lowest BCUT2D eigenvalue weighted by molar-refractivity contribution is -0.384. The summed E-state index contributed by atoms with van der Waals surface area (Å²) < 4.78 is 1.63. The molecule has 0 unspecified atom stereocenters. The summed E-state index contributed by atoms with van der Waals surface area (Å²) in [5.74, 6) is -0.238. The molecular weight excluding hydrogens is 368 g/mol. The highest BCUT2D eigenvalue weighted by Gasteiger charge is 2.22. The monoisotopic (exact) mass is 392 g/mol. The highest BCUT2D eigenvalue weighted by atomic mass is 16.6. The molecule has 29 heavy (non-hydrogen) atoms. The van der Waals surface area contributed by atoms with Crippen molar-refractivity contribution in [3.63, 3.8) is 0 Å². The van der Waals surface area contributed by atoms with Crippen LogP contribution in [-0.2, 0) is 0 Å². The Morgan fingerprint density at radius 3 is 2.28 bits per heavy atom. The maximum atomic E-state index is 13.0. The third kappa shape index (κ3) is 4.51. The number of benzene rings is 2. The average Bonchev–Trinajstić information content (AvgIpc) is 3.05. The maximum Gasteiger partial charge on any atom is 0.270 e. The van der Waals surface area contributed by atoms with Crippen molar-refractivity contribution in [1.82, 2.24) is 15.1 Å². The molecule has 0 saturated heterocycles. The van der Waals surface area contributed by atoms with Crippen molar-refractivity contribution in [2.24, 2.45) is 0 Å². The van der Waals surface area contributed by atoms with Crippen molar-refractivity contribution in [2.75, 3.05) is 0 Å². The Hall–Kier alpha value is -3.48. The first-order valence-electron chi connectivity index (χ1n) is 9.30. The SMILES string of the molecule is Cc1ccc(-n2nc(-c3ccc([N+](=O)[O-])cc3)cc2C(=O)NC(C)(C)C)c(C)c1. The number of aromatic nitrogens is 2. The molecule has 0 atom stereocenters. The third-order valence-electron chi connectivity index (χ3n) is 4.38. The van der Waals surface area contributed by atoms with E-state index in [1.54, 1.807) is 22.9 Å². The summed E-state index contributed by atoms with van der Waals surface area (Å²) in [6, 6.07) is 13.8. The third-order valence-corrected chi connectivity index (χ3v) is 4.38. The Kier molecular flexibility index (Phi) is 5.24.